The number of hydrogen-bond donors (Lipinski definition) is 1. The average Bonchev–Trinajstić information content (AvgIpc) is 2.30. The standard InChI is InChI=1S/C14H21BrO/c1-4-11(5-2)14(16,6-3)12-8-7-9-13(15)10-12/h7-11,16H,4-6H2,1-3H3. The quantitative estimate of drug-likeness (QED) is 0.845. The highest BCUT2D eigenvalue weighted by molar-refractivity contribution is 9.10. The molecular formula is C14H21BrO. The minimum absolute atomic E-state index is 0.326. The first-order chi connectivity index (χ1) is 7.58. The summed E-state index contributed by atoms with van der Waals surface area (Å²) in [5, 5.41) is 10.9. The molecule has 0 bridgehead atoms. The molecule has 1 aromatic rings. The Labute approximate surface area is 107 Å². The Hall–Kier alpha value is -0.340. The molecule has 0 amide bonds. The number of hydrogen-bond acceptors (Lipinski definition) is 1. The lowest BCUT2D eigenvalue weighted by Crippen LogP contribution is -2.34. The van der Waals surface area contributed by atoms with Gasteiger partial charge >= 0.3 is 0 Å². The number of aliphatic hydroxyl groups is 1. The number of halogens is 1. The molecule has 0 aliphatic heterocycles. The van der Waals surface area contributed by atoms with Gasteiger partial charge in [-0.15, -0.1) is 0 Å². The third-order valence-electron chi connectivity index (χ3n) is 3.52. The van der Waals surface area contributed by atoms with Crippen molar-refractivity contribution in [3.05, 3.63) is 34.3 Å². The fourth-order valence-electron chi connectivity index (χ4n) is 2.45. The van der Waals surface area contributed by atoms with E-state index in [0.29, 0.717) is 5.92 Å². The van der Waals surface area contributed by atoms with Crippen LogP contribution in [0.4, 0.5) is 0 Å². The third kappa shape index (κ3) is 2.67. The lowest BCUT2D eigenvalue weighted by atomic mass is 9.76. The topological polar surface area (TPSA) is 20.2 Å². The molecule has 0 aromatic heterocycles. The Morgan fingerprint density at radius 2 is 1.88 bits per heavy atom. The number of rotatable bonds is 5. The van der Waals surface area contributed by atoms with E-state index in [-0.39, 0.29) is 0 Å². The second-order valence-corrected chi connectivity index (χ2v) is 5.22. The molecule has 16 heavy (non-hydrogen) atoms. The molecule has 0 radical (unpaired) electrons. The Morgan fingerprint density at radius 1 is 1.25 bits per heavy atom. The SMILES string of the molecule is CCC(CC)C(O)(CC)c1cccc(Br)c1. The van der Waals surface area contributed by atoms with Crippen molar-refractivity contribution in [2.75, 3.05) is 0 Å². The van der Waals surface area contributed by atoms with Crippen LogP contribution in [0.25, 0.3) is 0 Å². The van der Waals surface area contributed by atoms with Crippen LogP contribution in [0.1, 0.15) is 45.6 Å². The fourth-order valence-corrected chi connectivity index (χ4v) is 2.85. The molecule has 90 valence electrons. The summed E-state index contributed by atoms with van der Waals surface area (Å²) in [7, 11) is 0. The van der Waals surface area contributed by atoms with Crippen molar-refractivity contribution in [1.29, 1.82) is 0 Å². The van der Waals surface area contributed by atoms with Crippen LogP contribution in [0.3, 0.4) is 0 Å². The van der Waals surface area contributed by atoms with Crippen LogP contribution >= 0.6 is 15.9 Å². The van der Waals surface area contributed by atoms with Gasteiger partial charge < -0.3 is 5.11 Å². The largest absolute Gasteiger partial charge is 0.385 e. The summed E-state index contributed by atoms with van der Waals surface area (Å²) in [6.45, 7) is 6.35. The van der Waals surface area contributed by atoms with Crippen LogP contribution in [0.15, 0.2) is 28.7 Å². The first-order valence-corrected chi connectivity index (χ1v) is 6.86. The van der Waals surface area contributed by atoms with Crippen molar-refractivity contribution in [2.24, 2.45) is 5.92 Å². The molecule has 0 saturated carbocycles. The predicted octanol–water partition coefficient (Wildman–Crippen LogP) is 4.48. The van der Waals surface area contributed by atoms with E-state index in [1.54, 1.807) is 0 Å². The second-order valence-electron chi connectivity index (χ2n) is 4.30. The van der Waals surface area contributed by atoms with Crippen molar-refractivity contribution in [2.45, 2.75) is 45.6 Å². The van der Waals surface area contributed by atoms with E-state index in [4.69, 9.17) is 0 Å². The van der Waals surface area contributed by atoms with Gasteiger partial charge in [-0.05, 0) is 30.0 Å². The molecule has 1 atom stereocenters. The van der Waals surface area contributed by atoms with Gasteiger partial charge in [0.05, 0.1) is 5.60 Å². The summed E-state index contributed by atoms with van der Waals surface area (Å²) in [6.07, 6.45) is 2.77. The number of benzene rings is 1. The molecule has 1 nitrogen and oxygen atoms in total. The maximum Gasteiger partial charge on any atom is 0.0922 e. The Morgan fingerprint density at radius 3 is 2.31 bits per heavy atom. The van der Waals surface area contributed by atoms with E-state index in [0.717, 1.165) is 29.3 Å². The minimum Gasteiger partial charge on any atom is -0.385 e. The summed E-state index contributed by atoms with van der Waals surface area (Å²) in [5.41, 5.74) is 0.339. The zero-order valence-corrected chi connectivity index (χ0v) is 11.9. The van der Waals surface area contributed by atoms with E-state index < -0.39 is 5.60 Å². The second kappa shape index (κ2) is 5.83. The smallest absolute Gasteiger partial charge is 0.0922 e. The molecule has 0 aliphatic rings. The van der Waals surface area contributed by atoms with Gasteiger partial charge in [0.15, 0.2) is 0 Å². The van der Waals surface area contributed by atoms with E-state index in [2.05, 4.69) is 36.7 Å². The molecule has 1 rings (SSSR count). The van der Waals surface area contributed by atoms with Gasteiger partial charge in [0.25, 0.3) is 0 Å². The van der Waals surface area contributed by atoms with E-state index in [1.165, 1.54) is 0 Å². The lowest BCUT2D eigenvalue weighted by Gasteiger charge is -2.35. The van der Waals surface area contributed by atoms with Crippen molar-refractivity contribution < 1.29 is 5.11 Å². The van der Waals surface area contributed by atoms with Gasteiger partial charge in [0, 0.05) is 4.47 Å². The van der Waals surface area contributed by atoms with Crippen LogP contribution in [-0.2, 0) is 5.60 Å². The van der Waals surface area contributed by atoms with E-state index in [1.807, 2.05) is 24.3 Å². The molecule has 1 N–H and O–H groups in total. The molecule has 0 fully saturated rings. The maximum atomic E-state index is 10.9. The molecule has 0 spiro atoms. The highest BCUT2D eigenvalue weighted by Crippen LogP contribution is 2.37. The molecule has 2 heteroatoms. The van der Waals surface area contributed by atoms with E-state index >= 15 is 0 Å². The van der Waals surface area contributed by atoms with Gasteiger partial charge in [-0.3, -0.25) is 0 Å². The third-order valence-corrected chi connectivity index (χ3v) is 4.02. The van der Waals surface area contributed by atoms with Crippen molar-refractivity contribution in [3.8, 4) is 0 Å². The Kier molecular flexibility index (Phi) is 5.00. The Balaban J connectivity index is 3.13. The lowest BCUT2D eigenvalue weighted by molar-refractivity contribution is -0.0314. The molecule has 0 saturated heterocycles. The summed E-state index contributed by atoms with van der Waals surface area (Å²) in [4.78, 5) is 0. The minimum atomic E-state index is -0.687. The van der Waals surface area contributed by atoms with Crippen LogP contribution in [-0.4, -0.2) is 5.11 Å². The molecular weight excluding hydrogens is 264 g/mol. The first-order valence-electron chi connectivity index (χ1n) is 6.06. The summed E-state index contributed by atoms with van der Waals surface area (Å²) in [6, 6.07) is 8.03. The van der Waals surface area contributed by atoms with Gasteiger partial charge in [-0.1, -0.05) is 61.7 Å². The molecule has 0 aliphatic carbocycles. The normalized spacial score (nSPS) is 15.1. The fraction of sp³-hybridized carbons (Fsp3) is 0.571. The molecule has 1 unspecified atom stereocenters. The average molecular weight is 285 g/mol. The van der Waals surface area contributed by atoms with Crippen molar-refractivity contribution >= 4 is 15.9 Å². The zero-order chi connectivity index (χ0) is 12.2. The molecule has 1 aromatic carbocycles. The van der Waals surface area contributed by atoms with Gasteiger partial charge in [-0.2, -0.15) is 0 Å². The van der Waals surface area contributed by atoms with Crippen molar-refractivity contribution in [1.82, 2.24) is 0 Å². The summed E-state index contributed by atoms with van der Waals surface area (Å²) >= 11 is 3.47. The van der Waals surface area contributed by atoms with Crippen LogP contribution < -0.4 is 0 Å². The van der Waals surface area contributed by atoms with Crippen LogP contribution in [0, 0.1) is 5.92 Å². The van der Waals surface area contributed by atoms with Gasteiger partial charge in [0.2, 0.25) is 0 Å². The van der Waals surface area contributed by atoms with Gasteiger partial charge in [-0.25, -0.2) is 0 Å². The van der Waals surface area contributed by atoms with Crippen LogP contribution in [0.2, 0.25) is 0 Å². The van der Waals surface area contributed by atoms with E-state index in [9.17, 15) is 5.11 Å². The highest BCUT2D eigenvalue weighted by atomic mass is 79.9. The summed E-state index contributed by atoms with van der Waals surface area (Å²) in [5.74, 6) is 0.326. The Bertz CT molecular complexity index is 333. The summed E-state index contributed by atoms with van der Waals surface area (Å²) < 4.78 is 1.03. The van der Waals surface area contributed by atoms with Crippen molar-refractivity contribution in [3.63, 3.8) is 0 Å². The monoisotopic (exact) mass is 284 g/mol. The first kappa shape index (κ1) is 13.7. The van der Waals surface area contributed by atoms with Crippen LogP contribution in [0.5, 0.6) is 0 Å². The predicted molar refractivity (Wildman–Crippen MR) is 72.4 cm³/mol. The molecule has 0 heterocycles. The highest BCUT2D eigenvalue weighted by Gasteiger charge is 2.34. The van der Waals surface area contributed by atoms with Gasteiger partial charge in [0.1, 0.15) is 0 Å². The maximum absolute atomic E-state index is 10.9. The zero-order valence-electron chi connectivity index (χ0n) is 10.3.